The molecule has 0 saturated carbocycles. The van der Waals surface area contributed by atoms with Gasteiger partial charge in [0.15, 0.2) is 0 Å². The third-order valence-corrected chi connectivity index (χ3v) is 6.28. The van der Waals surface area contributed by atoms with Crippen LogP contribution in [0.4, 0.5) is 0 Å². The molecule has 4 heterocycles. The van der Waals surface area contributed by atoms with Crippen molar-refractivity contribution in [1.82, 2.24) is 0 Å². The Labute approximate surface area is 122 Å². The van der Waals surface area contributed by atoms with Crippen molar-refractivity contribution in [3.05, 3.63) is 42.2 Å². The van der Waals surface area contributed by atoms with Crippen LogP contribution in [0.3, 0.4) is 0 Å². The highest BCUT2D eigenvalue weighted by Crippen LogP contribution is 2.49. The first kappa shape index (κ1) is 11.6. The molecule has 5 heteroatoms. The lowest BCUT2D eigenvalue weighted by molar-refractivity contribution is -0.225. The summed E-state index contributed by atoms with van der Waals surface area (Å²) in [6.45, 7) is 1.46. The highest BCUT2D eigenvalue weighted by Gasteiger charge is 2.46. The standard InChI is InChI=1S/C13H11BrO2S2/c14-10-7-9-2-5-16-13(12(9)18-10)11-8(1-4-15-13)3-6-17-11/h3,6-7H,1-2,4-5H2. The molecule has 2 aliphatic heterocycles. The van der Waals surface area contributed by atoms with Crippen LogP contribution in [-0.4, -0.2) is 13.2 Å². The Bertz CT molecular complexity index is 600. The van der Waals surface area contributed by atoms with Crippen LogP contribution in [0.1, 0.15) is 20.9 Å². The van der Waals surface area contributed by atoms with Crippen LogP contribution in [0.2, 0.25) is 0 Å². The maximum atomic E-state index is 6.11. The molecule has 0 aliphatic carbocycles. The second-order valence-electron chi connectivity index (χ2n) is 4.49. The zero-order chi connectivity index (χ0) is 12.2. The van der Waals surface area contributed by atoms with Gasteiger partial charge in [0, 0.05) is 0 Å². The summed E-state index contributed by atoms with van der Waals surface area (Å²) in [5, 5.41) is 2.14. The Morgan fingerprint density at radius 1 is 1.11 bits per heavy atom. The largest absolute Gasteiger partial charge is 0.341 e. The normalized spacial score (nSPS) is 26.1. The first-order valence-electron chi connectivity index (χ1n) is 5.93. The first-order valence-corrected chi connectivity index (χ1v) is 8.42. The van der Waals surface area contributed by atoms with Crippen molar-refractivity contribution in [2.45, 2.75) is 18.6 Å². The van der Waals surface area contributed by atoms with Crippen molar-refractivity contribution >= 4 is 38.6 Å². The number of rotatable bonds is 0. The molecule has 2 nitrogen and oxygen atoms in total. The highest BCUT2D eigenvalue weighted by molar-refractivity contribution is 9.11. The van der Waals surface area contributed by atoms with Gasteiger partial charge in [-0.2, -0.15) is 0 Å². The van der Waals surface area contributed by atoms with E-state index >= 15 is 0 Å². The predicted octanol–water partition coefficient (Wildman–Crippen LogP) is 3.92. The Morgan fingerprint density at radius 2 is 1.89 bits per heavy atom. The average molecular weight is 343 g/mol. The molecule has 0 radical (unpaired) electrons. The van der Waals surface area contributed by atoms with Crippen molar-refractivity contribution in [2.75, 3.05) is 13.2 Å². The topological polar surface area (TPSA) is 18.5 Å². The van der Waals surface area contributed by atoms with Crippen molar-refractivity contribution in [3.63, 3.8) is 0 Å². The fourth-order valence-electron chi connectivity index (χ4n) is 2.70. The van der Waals surface area contributed by atoms with E-state index in [1.165, 1.54) is 20.9 Å². The second kappa shape index (κ2) is 4.15. The van der Waals surface area contributed by atoms with Crippen molar-refractivity contribution in [2.24, 2.45) is 0 Å². The molecule has 0 N–H and O–H groups in total. The summed E-state index contributed by atoms with van der Waals surface area (Å²) in [5.41, 5.74) is 2.74. The number of thiophene rings is 2. The van der Waals surface area contributed by atoms with E-state index in [0.29, 0.717) is 0 Å². The fraction of sp³-hybridized carbons (Fsp3) is 0.385. The zero-order valence-corrected chi connectivity index (χ0v) is 12.8. The molecule has 0 aromatic carbocycles. The summed E-state index contributed by atoms with van der Waals surface area (Å²) in [6.07, 6.45) is 1.97. The van der Waals surface area contributed by atoms with Gasteiger partial charge in [-0.25, -0.2) is 0 Å². The van der Waals surface area contributed by atoms with E-state index in [4.69, 9.17) is 9.47 Å². The summed E-state index contributed by atoms with van der Waals surface area (Å²) in [6, 6.07) is 4.40. The van der Waals surface area contributed by atoms with Gasteiger partial charge in [0.2, 0.25) is 5.79 Å². The van der Waals surface area contributed by atoms with Crippen LogP contribution in [0.25, 0.3) is 0 Å². The van der Waals surface area contributed by atoms with Crippen LogP contribution in [0, 0.1) is 0 Å². The molecule has 1 unspecified atom stereocenters. The maximum Gasteiger partial charge on any atom is 0.241 e. The molecule has 4 rings (SSSR count). The van der Waals surface area contributed by atoms with Gasteiger partial charge in [-0.3, -0.25) is 0 Å². The van der Waals surface area contributed by atoms with Crippen LogP contribution in [-0.2, 0) is 28.1 Å². The van der Waals surface area contributed by atoms with Gasteiger partial charge in [-0.05, 0) is 57.4 Å². The van der Waals surface area contributed by atoms with Crippen LogP contribution < -0.4 is 0 Å². The first-order chi connectivity index (χ1) is 8.79. The van der Waals surface area contributed by atoms with Gasteiger partial charge in [0.05, 0.1) is 26.8 Å². The van der Waals surface area contributed by atoms with E-state index in [9.17, 15) is 0 Å². The minimum absolute atomic E-state index is 0.619. The smallest absolute Gasteiger partial charge is 0.241 e. The van der Waals surface area contributed by atoms with Gasteiger partial charge in [0.25, 0.3) is 0 Å². The minimum atomic E-state index is -0.619. The molecule has 2 aromatic heterocycles. The van der Waals surface area contributed by atoms with E-state index in [-0.39, 0.29) is 0 Å². The molecule has 1 spiro atoms. The van der Waals surface area contributed by atoms with E-state index in [0.717, 1.165) is 29.8 Å². The quantitative estimate of drug-likeness (QED) is 0.722. The van der Waals surface area contributed by atoms with E-state index in [1.54, 1.807) is 22.7 Å². The summed E-state index contributed by atoms with van der Waals surface area (Å²) in [7, 11) is 0. The summed E-state index contributed by atoms with van der Waals surface area (Å²) >= 11 is 7.06. The van der Waals surface area contributed by atoms with Crippen LogP contribution >= 0.6 is 38.6 Å². The van der Waals surface area contributed by atoms with E-state index in [2.05, 4.69) is 33.4 Å². The summed E-state index contributed by atoms with van der Waals surface area (Å²) in [4.78, 5) is 2.47. The third-order valence-electron chi connectivity index (χ3n) is 3.48. The lowest BCUT2D eigenvalue weighted by atomic mass is 9.98. The second-order valence-corrected chi connectivity index (χ2v) is 7.84. The van der Waals surface area contributed by atoms with Gasteiger partial charge < -0.3 is 9.47 Å². The molecule has 2 aromatic rings. The Balaban J connectivity index is 1.96. The number of hydrogen-bond acceptors (Lipinski definition) is 4. The molecular formula is C13H11BrO2S2. The summed E-state index contributed by atoms with van der Waals surface area (Å²) in [5.74, 6) is -0.619. The summed E-state index contributed by atoms with van der Waals surface area (Å²) < 4.78 is 13.4. The van der Waals surface area contributed by atoms with Crippen molar-refractivity contribution in [3.8, 4) is 0 Å². The minimum Gasteiger partial charge on any atom is -0.341 e. The molecule has 18 heavy (non-hydrogen) atoms. The zero-order valence-electron chi connectivity index (χ0n) is 9.57. The lowest BCUT2D eigenvalue weighted by Crippen LogP contribution is -2.41. The number of halogens is 1. The molecule has 0 fully saturated rings. The monoisotopic (exact) mass is 342 g/mol. The van der Waals surface area contributed by atoms with Crippen molar-refractivity contribution < 1.29 is 9.47 Å². The molecule has 0 amide bonds. The SMILES string of the molecule is Brc1cc2c(s1)C1(OCCc3ccsc31)OCC2. The fourth-order valence-corrected chi connectivity index (χ4v) is 5.63. The Morgan fingerprint density at radius 3 is 2.72 bits per heavy atom. The van der Waals surface area contributed by atoms with E-state index in [1.807, 2.05) is 0 Å². The number of hydrogen-bond donors (Lipinski definition) is 0. The van der Waals surface area contributed by atoms with Crippen molar-refractivity contribution in [1.29, 1.82) is 0 Å². The molecule has 0 bridgehead atoms. The Kier molecular flexibility index (Phi) is 2.68. The molecular weight excluding hydrogens is 332 g/mol. The van der Waals surface area contributed by atoms with Gasteiger partial charge in [0.1, 0.15) is 0 Å². The molecule has 94 valence electrons. The van der Waals surface area contributed by atoms with Crippen LogP contribution in [0.15, 0.2) is 21.3 Å². The van der Waals surface area contributed by atoms with Gasteiger partial charge in [-0.15, -0.1) is 22.7 Å². The molecule has 2 aliphatic rings. The van der Waals surface area contributed by atoms with Gasteiger partial charge in [-0.1, -0.05) is 0 Å². The van der Waals surface area contributed by atoms with Gasteiger partial charge >= 0.3 is 0 Å². The maximum absolute atomic E-state index is 6.11. The number of ether oxygens (including phenoxy) is 2. The van der Waals surface area contributed by atoms with Crippen LogP contribution in [0.5, 0.6) is 0 Å². The average Bonchev–Trinajstić information content (AvgIpc) is 2.96. The highest BCUT2D eigenvalue weighted by atomic mass is 79.9. The Hall–Kier alpha value is -0.200. The molecule has 0 saturated heterocycles. The lowest BCUT2D eigenvalue weighted by Gasteiger charge is -2.39. The number of fused-ring (bicyclic) bond motifs is 4. The van der Waals surface area contributed by atoms with E-state index < -0.39 is 5.79 Å². The third kappa shape index (κ3) is 1.51. The predicted molar refractivity (Wildman–Crippen MR) is 76.4 cm³/mol. The molecule has 1 atom stereocenters.